The monoisotopic (exact) mass is 411 g/mol. The summed E-state index contributed by atoms with van der Waals surface area (Å²) in [4.78, 5) is 23.1. The summed E-state index contributed by atoms with van der Waals surface area (Å²) in [6.07, 6.45) is -1.01. The smallest absolute Gasteiger partial charge is 0.407 e. The van der Waals surface area contributed by atoms with E-state index in [1.54, 1.807) is 18.2 Å². The van der Waals surface area contributed by atoms with Gasteiger partial charge in [0.2, 0.25) is 0 Å². The fourth-order valence-electron chi connectivity index (χ4n) is 2.10. The van der Waals surface area contributed by atoms with Gasteiger partial charge >= 0.3 is 12.1 Å². The Morgan fingerprint density at radius 1 is 1.21 bits per heavy atom. The maximum Gasteiger partial charge on any atom is 0.407 e. The molecule has 5 nitrogen and oxygen atoms in total. The highest BCUT2D eigenvalue weighted by Crippen LogP contribution is 2.28. The summed E-state index contributed by atoms with van der Waals surface area (Å²) in [5.74, 6) is -1.05. The van der Waals surface area contributed by atoms with Crippen molar-refractivity contribution in [3.05, 3.63) is 69.2 Å². The van der Waals surface area contributed by atoms with Crippen LogP contribution in [0.4, 0.5) is 4.79 Å². The molecule has 2 rings (SSSR count). The van der Waals surface area contributed by atoms with Gasteiger partial charge in [-0.2, -0.15) is 0 Å². The van der Waals surface area contributed by atoms with Gasteiger partial charge < -0.3 is 15.2 Å². The van der Waals surface area contributed by atoms with Crippen molar-refractivity contribution in [2.45, 2.75) is 19.1 Å². The van der Waals surface area contributed by atoms with E-state index >= 15 is 0 Å². The summed E-state index contributed by atoms with van der Waals surface area (Å²) < 4.78 is 5.89. The normalized spacial score (nSPS) is 11.6. The van der Waals surface area contributed by atoms with Crippen molar-refractivity contribution in [2.75, 3.05) is 0 Å². The van der Waals surface area contributed by atoms with Gasteiger partial charge in [0, 0.05) is 9.50 Å². The Hall–Kier alpha value is -2.05. The number of carboxylic acid groups (broad SMARTS) is 1. The maximum atomic E-state index is 12.0. The minimum atomic E-state index is -1.05. The average Bonchev–Trinajstić information content (AvgIpc) is 2.53. The maximum absolute atomic E-state index is 12.0. The molecule has 0 bridgehead atoms. The Morgan fingerprint density at radius 3 is 2.54 bits per heavy atom. The average molecular weight is 413 g/mol. The molecule has 1 atom stereocenters. The van der Waals surface area contributed by atoms with Crippen LogP contribution in [0, 0.1) is 0 Å². The SMILES string of the molecule is O=C(O)CC(NC(=O)OCc1ccccc1)c1ccc(Br)cc1Cl. The molecule has 1 unspecified atom stereocenters. The van der Waals surface area contributed by atoms with E-state index in [9.17, 15) is 9.59 Å². The number of hydrogen-bond acceptors (Lipinski definition) is 3. The number of carbonyl (C=O) groups excluding carboxylic acids is 1. The number of halogens is 2. The van der Waals surface area contributed by atoms with E-state index in [2.05, 4.69) is 21.2 Å². The van der Waals surface area contributed by atoms with Gasteiger partial charge in [0.15, 0.2) is 0 Å². The second-order valence-corrected chi connectivity index (χ2v) is 6.35. The van der Waals surface area contributed by atoms with E-state index in [4.69, 9.17) is 21.4 Å². The van der Waals surface area contributed by atoms with Gasteiger partial charge in [0.25, 0.3) is 0 Å². The minimum Gasteiger partial charge on any atom is -0.481 e. The largest absolute Gasteiger partial charge is 0.481 e. The minimum absolute atomic E-state index is 0.0978. The molecule has 0 saturated carbocycles. The van der Waals surface area contributed by atoms with Gasteiger partial charge in [-0.05, 0) is 23.3 Å². The highest BCUT2D eigenvalue weighted by atomic mass is 79.9. The van der Waals surface area contributed by atoms with Crippen LogP contribution in [-0.2, 0) is 16.1 Å². The topological polar surface area (TPSA) is 75.6 Å². The first-order valence-corrected chi connectivity index (χ1v) is 8.27. The van der Waals surface area contributed by atoms with Gasteiger partial charge in [0.1, 0.15) is 6.61 Å². The summed E-state index contributed by atoms with van der Waals surface area (Å²) >= 11 is 9.43. The molecule has 2 aromatic rings. The molecule has 0 fully saturated rings. The number of nitrogens with one attached hydrogen (secondary N) is 1. The highest BCUT2D eigenvalue weighted by Gasteiger charge is 2.21. The van der Waals surface area contributed by atoms with Gasteiger partial charge in [0.05, 0.1) is 12.5 Å². The number of benzene rings is 2. The summed E-state index contributed by atoms with van der Waals surface area (Å²) in [6.45, 7) is 0.0978. The first-order chi connectivity index (χ1) is 11.5. The van der Waals surface area contributed by atoms with E-state index in [0.29, 0.717) is 10.6 Å². The number of rotatable bonds is 6. The van der Waals surface area contributed by atoms with Gasteiger partial charge in [-0.1, -0.05) is 63.9 Å². The molecule has 0 aliphatic carbocycles. The Kier molecular flexibility index (Phi) is 6.63. The molecule has 0 aliphatic heterocycles. The van der Waals surface area contributed by atoms with Crippen LogP contribution in [0.3, 0.4) is 0 Å². The van der Waals surface area contributed by atoms with E-state index in [-0.39, 0.29) is 13.0 Å². The number of aliphatic carboxylic acids is 1. The lowest BCUT2D eigenvalue weighted by atomic mass is 10.0. The first-order valence-electron chi connectivity index (χ1n) is 7.09. The molecular formula is C17H15BrClNO4. The zero-order valence-electron chi connectivity index (χ0n) is 12.5. The Balaban J connectivity index is 2.05. The molecule has 2 N–H and O–H groups in total. The summed E-state index contributed by atoms with van der Waals surface area (Å²) in [5, 5.41) is 12.0. The van der Waals surface area contributed by atoms with Gasteiger partial charge in [-0.25, -0.2) is 4.79 Å². The number of hydrogen-bond donors (Lipinski definition) is 2. The van der Waals surface area contributed by atoms with Crippen LogP contribution < -0.4 is 5.32 Å². The van der Waals surface area contributed by atoms with Crippen LogP contribution in [-0.4, -0.2) is 17.2 Å². The van der Waals surface area contributed by atoms with Crippen molar-refractivity contribution in [3.8, 4) is 0 Å². The van der Waals surface area contributed by atoms with E-state index < -0.39 is 18.1 Å². The molecule has 0 heterocycles. The van der Waals surface area contributed by atoms with Crippen LogP contribution in [0.5, 0.6) is 0 Å². The molecule has 0 spiro atoms. The fraction of sp³-hybridized carbons (Fsp3) is 0.176. The van der Waals surface area contributed by atoms with Crippen LogP contribution in [0.25, 0.3) is 0 Å². The van der Waals surface area contributed by atoms with Crippen LogP contribution in [0.15, 0.2) is 53.0 Å². The van der Waals surface area contributed by atoms with Crippen LogP contribution in [0.2, 0.25) is 5.02 Å². The Bertz CT molecular complexity index is 724. The van der Waals surface area contributed by atoms with Crippen molar-refractivity contribution in [1.82, 2.24) is 5.32 Å². The van der Waals surface area contributed by atoms with Crippen molar-refractivity contribution in [1.29, 1.82) is 0 Å². The molecule has 0 saturated heterocycles. The standard InChI is InChI=1S/C17H15BrClNO4/c18-12-6-7-13(14(19)8-12)15(9-16(21)22)20-17(23)24-10-11-4-2-1-3-5-11/h1-8,15H,9-10H2,(H,20,23)(H,21,22). The first kappa shape index (κ1) is 18.3. The van der Waals surface area contributed by atoms with E-state index in [1.165, 1.54) is 0 Å². The molecule has 1 amide bonds. The van der Waals surface area contributed by atoms with E-state index in [0.717, 1.165) is 10.0 Å². The van der Waals surface area contributed by atoms with Crippen molar-refractivity contribution < 1.29 is 19.4 Å². The number of ether oxygens (including phenoxy) is 1. The summed E-state index contributed by atoms with van der Waals surface area (Å²) in [7, 11) is 0. The molecule has 0 radical (unpaired) electrons. The lowest BCUT2D eigenvalue weighted by Gasteiger charge is -2.18. The molecule has 0 aliphatic rings. The number of carboxylic acids is 1. The predicted octanol–water partition coefficient (Wildman–Crippen LogP) is 4.54. The zero-order chi connectivity index (χ0) is 17.5. The third kappa shape index (κ3) is 5.54. The van der Waals surface area contributed by atoms with Crippen molar-refractivity contribution in [2.24, 2.45) is 0 Å². The third-order valence-corrected chi connectivity index (χ3v) is 4.04. The zero-order valence-corrected chi connectivity index (χ0v) is 14.9. The van der Waals surface area contributed by atoms with Crippen LogP contribution >= 0.6 is 27.5 Å². The fourth-order valence-corrected chi connectivity index (χ4v) is 2.91. The Labute approximate surface area is 152 Å². The number of carbonyl (C=O) groups is 2. The highest BCUT2D eigenvalue weighted by molar-refractivity contribution is 9.10. The molecule has 126 valence electrons. The van der Waals surface area contributed by atoms with Crippen LogP contribution in [0.1, 0.15) is 23.6 Å². The third-order valence-electron chi connectivity index (χ3n) is 3.22. The molecule has 24 heavy (non-hydrogen) atoms. The summed E-state index contributed by atoms with van der Waals surface area (Å²) in [5.41, 5.74) is 1.35. The molecule has 0 aromatic heterocycles. The lowest BCUT2D eigenvalue weighted by molar-refractivity contribution is -0.137. The predicted molar refractivity (Wildman–Crippen MR) is 93.9 cm³/mol. The Morgan fingerprint density at radius 2 is 1.92 bits per heavy atom. The number of alkyl carbamates (subject to hydrolysis) is 1. The second kappa shape index (κ2) is 8.70. The lowest BCUT2D eigenvalue weighted by Crippen LogP contribution is -2.30. The molecular weight excluding hydrogens is 398 g/mol. The van der Waals surface area contributed by atoms with Crippen molar-refractivity contribution in [3.63, 3.8) is 0 Å². The van der Waals surface area contributed by atoms with Gasteiger partial charge in [-0.3, -0.25) is 4.79 Å². The molecule has 2 aromatic carbocycles. The van der Waals surface area contributed by atoms with E-state index in [1.807, 2.05) is 30.3 Å². The van der Waals surface area contributed by atoms with Gasteiger partial charge in [-0.15, -0.1) is 0 Å². The second-order valence-electron chi connectivity index (χ2n) is 5.02. The van der Waals surface area contributed by atoms with Crippen molar-refractivity contribution >= 4 is 39.6 Å². The molecule has 7 heteroatoms. The quantitative estimate of drug-likeness (QED) is 0.730. The number of amides is 1. The summed E-state index contributed by atoms with van der Waals surface area (Å²) in [6, 6.07) is 13.4.